The van der Waals surface area contributed by atoms with Crippen LogP contribution in [0.3, 0.4) is 0 Å². The lowest BCUT2D eigenvalue weighted by Crippen LogP contribution is -2.08. The average Bonchev–Trinajstić information content (AvgIpc) is 3.25. The molecule has 1 saturated carbocycles. The van der Waals surface area contributed by atoms with Gasteiger partial charge in [-0.1, -0.05) is 30.3 Å². The zero-order chi connectivity index (χ0) is 13.9. The van der Waals surface area contributed by atoms with Gasteiger partial charge in [-0.25, -0.2) is 0 Å². The molecule has 1 fully saturated rings. The molecular formula is C16H16N2O2. The Morgan fingerprint density at radius 2 is 1.85 bits per heavy atom. The second kappa shape index (κ2) is 5.41. The number of hydrogen-bond acceptors (Lipinski definition) is 4. The van der Waals surface area contributed by atoms with Crippen molar-refractivity contribution in [2.75, 3.05) is 6.61 Å². The third kappa shape index (κ3) is 2.29. The molecule has 1 aliphatic rings. The van der Waals surface area contributed by atoms with Crippen LogP contribution in [0.5, 0.6) is 0 Å². The summed E-state index contributed by atoms with van der Waals surface area (Å²) in [7, 11) is 0. The largest absolute Gasteiger partial charge is 0.466 e. The van der Waals surface area contributed by atoms with E-state index < -0.39 is 0 Å². The SMILES string of the molecule is CCOC(=O)[C@@H]1[C@H](c2ccccc2)[C@H]1c1ccnnc1. The first-order valence-electron chi connectivity index (χ1n) is 6.81. The lowest BCUT2D eigenvalue weighted by Gasteiger charge is -2.00. The Hall–Kier alpha value is -2.23. The molecule has 0 aliphatic heterocycles. The maximum atomic E-state index is 12.1. The number of benzene rings is 1. The fourth-order valence-electron chi connectivity index (χ4n) is 2.85. The molecule has 1 aromatic carbocycles. The highest BCUT2D eigenvalue weighted by Gasteiger charge is 2.57. The summed E-state index contributed by atoms with van der Waals surface area (Å²) in [5.41, 5.74) is 2.22. The third-order valence-electron chi connectivity index (χ3n) is 3.76. The van der Waals surface area contributed by atoms with E-state index in [1.165, 1.54) is 5.56 Å². The van der Waals surface area contributed by atoms with E-state index in [4.69, 9.17) is 4.74 Å². The minimum absolute atomic E-state index is 0.110. The lowest BCUT2D eigenvalue weighted by molar-refractivity contribution is -0.144. The summed E-state index contributed by atoms with van der Waals surface area (Å²) in [6.45, 7) is 2.25. The van der Waals surface area contributed by atoms with Gasteiger partial charge >= 0.3 is 5.97 Å². The van der Waals surface area contributed by atoms with Gasteiger partial charge in [-0.15, -0.1) is 0 Å². The number of hydrogen-bond donors (Lipinski definition) is 0. The van der Waals surface area contributed by atoms with Gasteiger partial charge in [0.15, 0.2) is 0 Å². The van der Waals surface area contributed by atoms with Crippen LogP contribution < -0.4 is 0 Å². The molecule has 4 nitrogen and oxygen atoms in total. The molecule has 0 spiro atoms. The van der Waals surface area contributed by atoms with Crippen LogP contribution in [0.25, 0.3) is 0 Å². The molecule has 3 atom stereocenters. The van der Waals surface area contributed by atoms with Gasteiger partial charge in [0.05, 0.1) is 18.7 Å². The Bertz CT molecular complexity index is 540. The second-order valence-electron chi connectivity index (χ2n) is 4.92. The summed E-state index contributed by atoms with van der Waals surface area (Å²) >= 11 is 0. The summed E-state index contributed by atoms with van der Waals surface area (Å²) in [4.78, 5) is 12.1. The molecule has 0 saturated heterocycles. The maximum absolute atomic E-state index is 12.1. The summed E-state index contributed by atoms with van der Waals surface area (Å²) in [5.74, 6) is 0.0936. The first-order chi connectivity index (χ1) is 9.83. The Kier molecular flexibility index (Phi) is 3.46. The predicted octanol–water partition coefficient (Wildman–Crippen LogP) is 2.54. The maximum Gasteiger partial charge on any atom is 0.310 e. The predicted molar refractivity (Wildman–Crippen MR) is 74.1 cm³/mol. The highest BCUT2D eigenvalue weighted by atomic mass is 16.5. The fraction of sp³-hybridized carbons (Fsp3) is 0.312. The summed E-state index contributed by atoms with van der Waals surface area (Å²) in [6, 6.07) is 12.0. The van der Waals surface area contributed by atoms with Crippen molar-refractivity contribution in [3.8, 4) is 0 Å². The van der Waals surface area contributed by atoms with Crippen LogP contribution in [0.15, 0.2) is 48.8 Å². The molecule has 4 heteroatoms. The van der Waals surface area contributed by atoms with Crippen molar-refractivity contribution < 1.29 is 9.53 Å². The molecule has 1 heterocycles. The van der Waals surface area contributed by atoms with Crippen molar-refractivity contribution in [1.29, 1.82) is 0 Å². The van der Waals surface area contributed by atoms with E-state index >= 15 is 0 Å². The Labute approximate surface area is 117 Å². The van der Waals surface area contributed by atoms with Crippen LogP contribution in [-0.2, 0) is 9.53 Å². The second-order valence-corrected chi connectivity index (χ2v) is 4.92. The highest BCUT2D eigenvalue weighted by Crippen LogP contribution is 2.60. The zero-order valence-electron chi connectivity index (χ0n) is 11.3. The summed E-state index contributed by atoms with van der Waals surface area (Å²) < 4.78 is 5.19. The zero-order valence-corrected chi connectivity index (χ0v) is 11.3. The van der Waals surface area contributed by atoms with Crippen LogP contribution in [0, 0.1) is 5.92 Å². The number of carbonyl (C=O) groups is 1. The quantitative estimate of drug-likeness (QED) is 0.800. The smallest absolute Gasteiger partial charge is 0.310 e. The topological polar surface area (TPSA) is 52.1 Å². The molecule has 1 aliphatic carbocycles. The van der Waals surface area contributed by atoms with Gasteiger partial charge in [-0.05, 0) is 24.1 Å². The van der Waals surface area contributed by atoms with E-state index in [-0.39, 0.29) is 23.7 Å². The molecular weight excluding hydrogens is 252 g/mol. The van der Waals surface area contributed by atoms with Gasteiger partial charge < -0.3 is 4.74 Å². The van der Waals surface area contributed by atoms with Crippen LogP contribution >= 0.6 is 0 Å². The van der Waals surface area contributed by atoms with E-state index in [1.54, 1.807) is 12.4 Å². The lowest BCUT2D eigenvalue weighted by atomic mass is 10.1. The average molecular weight is 268 g/mol. The Morgan fingerprint density at radius 3 is 2.50 bits per heavy atom. The van der Waals surface area contributed by atoms with Crippen molar-refractivity contribution in [2.45, 2.75) is 18.8 Å². The molecule has 1 aromatic heterocycles. The first-order valence-corrected chi connectivity index (χ1v) is 6.81. The minimum Gasteiger partial charge on any atom is -0.466 e. The molecule has 0 unspecified atom stereocenters. The Balaban J connectivity index is 1.89. The van der Waals surface area contributed by atoms with Crippen LogP contribution in [-0.4, -0.2) is 22.8 Å². The van der Waals surface area contributed by atoms with Gasteiger partial charge in [0.25, 0.3) is 0 Å². The first kappa shape index (κ1) is 12.8. The van der Waals surface area contributed by atoms with Crippen LogP contribution in [0.4, 0.5) is 0 Å². The summed E-state index contributed by atoms with van der Waals surface area (Å²) in [6.07, 6.45) is 3.40. The number of rotatable bonds is 4. The normalized spacial score (nSPS) is 24.1. The Morgan fingerprint density at radius 1 is 1.10 bits per heavy atom. The van der Waals surface area contributed by atoms with Gasteiger partial charge in [-0.2, -0.15) is 10.2 Å². The number of nitrogens with zero attached hydrogens (tertiary/aromatic N) is 2. The standard InChI is InChI=1S/C16H16N2O2/c1-2-20-16(19)15-13(11-6-4-3-5-7-11)14(15)12-8-9-17-18-10-12/h3-10,13-15H,2H2,1H3/t13-,14-,15-/m1/s1. The number of ether oxygens (including phenoxy) is 1. The van der Waals surface area contributed by atoms with Crippen molar-refractivity contribution in [3.63, 3.8) is 0 Å². The molecule has 20 heavy (non-hydrogen) atoms. The van der Waals surface area contributed by atoms with E-state index in [0.717, 1.165) is 5.56 Å². The van der Waals surface area contributed by atoms with Gasteiger partial charge in [0.1, 0.15) is 0 Å². The number of esters is 1. The monoisotopic (exact) mass is 268 g/mol. The molecule has 0 N–H and O–H groups in total. The number of aromatic nitrogens is 2. The minimum atomic E-state index is -0.122. The van der Waals surface area contributed by atoms with Gasteiger partial charge in [-0.3, -0.25) is 4.79 Å². The van der Waals surface area contributed by atoms with E-state index in [9.17, 15) is 4.79 Å². The molecule has 0 radical (unpaired) electrons. The molecule has 0 amide bonds. The van der Waals surface area contributed by atoms with E-state index in [2.05, 4.69) is 22.3 Å². The van der Waals surface area contributed by atoms with Crippen molar-refractivity contribution in [1.82, 2.24) is 10.2 Å². The van der Waals surface area contributed by atoms with Crippen LogP contribution in [0.1, 0.15) is 29.9 Å². The molecule has 2 aromatic rings. The van der Waals surface area contributed by atoms with Crippen molar-refractivity contribution >= 4 is 5.97 Å². The van der Waals surface area contributed by atoms with Gasteiger partial charge in [0, 0.05) is 18.0 Å². The van der Waals surface area contributed by atoms with E-state index in [1.807, 2.05) is 31.2 Å². The summed E-state index contributed by atoms with van der Waals surface area (Å²) in [5, 5.41) is 7.71. The highest BCUT2D eigenvalue weighted by molar-refractivity contribution is 5.80. The van der Waals surface area contributed by atoms with Crippen molar-refractivity contribution in [3.05, 3.63) is 59.9 Å². The number of carbonyl (C=O) groups excluding carboxylic acids is 1. The molecule has 0 bridgehead atoms. The third-order valence-corrected chi connectivity index (χ3v) is 3.76. The van der Waals surface area contributed by atoms with Crippen LogP contribution in [0.2, 0.25) is 0 Å². The van der Waals surface area contributed by atoms with E-state index in [0.29, 0.717) is 6.61 Å². The van der Waals surface area contributed by atoms with Crippen molar-refractivity contribution in [2.24, 2.45) is 5.92 Å². The fourth-order valence-corrected chi connectivity index (χ4v) is 2.85. The van der Waals surface area contributed by atoms with Gasteiger partial charge in [0.2, 0.25) is 0 Å². The molecule has 3 rings (SSSR count). The molecule has 102 valence electrons.